The highest BCUT2D eigenvalue weighted by Gasteiger charge is 2.22. The van der Waals surface area contributed by atoms with Crippen molar-refractivity contribution in [1.82, 2.24) is 20.5 Å². The molecule has 0 saturated carbocycles. The van der Waals surface area contributed by atoms with Gasteiger partial charge < -0.3 is 10.6 Å². The van der Waals surface area contributed by atoms with Crippen molar-refractivity contribution < 1.29 is 4.79 Å². The Balaban J connectivity index is 1.91. The van der Waals surface area contributed by atoms with Crippen molar-refractivity contribution in [1.29, 1.82) is 0 Å². The van der Waals surface area contributed by atoms with E-state index in [0.29, 0.717) is 18.5 Å². The quantitative estimate of drug-likeness (QED) is 0.807. The first-order chi connectivity index (χ1) is 11.1. The third-order valence-corrected chi connectivity index (χ3v) is 4.45. The fourth-order valence-corrected chi connectivity index (χ4v) is 3.17. The lowest BCUT2D eigenvalue weighted by molar-refractivity contribution is -0.123. The van der Waals surface area contributed by atoms with E-state index in [2.05, 4.69) is 41.4 Å². The van der Waals surface area contributed by atoms with Gasteiger partial charge in [-0.2, -0.15) is 0 Å². The van der Waals surface area contributed by atoms with Gasteiger partial charge in [-0.3, -0.25) is 14.7 Å². The van der Waals surface area contributed by atoms with Gasteiger partial charge in [0.2, 0.25) is 5.91 Å². The molecule has 1 aromatic heterocycles. The Morgan fingerprint density at radius 2 is 2.17 bits per heavy atom. The zero-order chi connectivity index (χ0) is 16.7. The molecule has 2 N–H and O–H groups in total. The van der Waals surface area contributed by atoms with Crippen LogP contribution >= 0.6 is 0 Å². The second kappa shape index (κ2) is 8.99. The van der Waals surface area contributed by atoms with E-state index < -0.39 is 0 Å². The fraction of sp³-hybridized carbons (Fsp3) is 0.667. The Kier molecular flexibility index (Phi) is 6.99. The first-order valence-electron chi connectivity index (χ1n) is 8.66. The van der Waals surface area contributed by atoms with Crippen LogP contribution in [-0.4, -0.2) is 48.5 Å². The van der Waals surface area contributed by atoms with Crippen LogP contribution in [0.4, 0.5) is 0 Å². The fourth-order valence-electron chi connectivity index (χ4n) is 3.17. The Morgan fingerprint density at radius 3 is 2.78 bits per heavy atom. The molecule has 1 aromatic rings. The molecule has 1 atom stereocenters. The summed E-state index contributed by atoms with van der Waals surface area (Å²) >= 11 is 0. The summed E-state index contributed by atoms with van der Waals surface area (Å²) in [4.78, 5) is 18.8. The van der Waals surface area contributed by atoms with Crippen LogP contribution in [0.1, 0.15) is 44.7 Å². The van der Waals surface area contributed by atoms with E-state index in [4.69, 9.17) is 0 Å². The number of aromatic nitrogens is 1. The van der Waals surface area contributed by atoms with Crippen LogP contribution in [0, 0.1) is 5.92 Å². The average molecular weight is 318 g/mol. The van der Waals surface area contributed by atoms with Crippen LogP contribution < -0.4 is 10.6 Å². The van der Waals surface area contributed by atoms with Crippen LogP contribution in [0.2, 0.25) is 0 Å². The number of hydrogen-bond donors (Lipinski definition) is 2. The summed E-state index contributed by atoms with van der Waals surface area (Å²) in [7, 11) is 2.05. The zero-order valence-electron chi connectivity index (χ0n) is 14.6. The highest BCUT2D eigenvalue weighted by atomic mass is 16.2. The van der Waals surface area contributed by atoms with E-state index in [-0.39, 0.29) is 11.9 Å². The van der Waals surface area contributed by atoms with Gasteiger partial charge in [0.1, 0.15) is 0 Å². The third-order valence-electron chi connectivity index (χ3n) is 4.45. The molecule has 1 aliphatic rings. The molecule has 128 valence electrons. The van der Waals surface area contributed by atoms with E-state index in [1.807, 2.05) is 18.3 Å². The largest absolute Gasteiger partial charge is 0.348 e. The highest BCUT2D eigenvalue weighted by molar-refractivity contribution is 5.78. The Labute approximate surface area is 139 Å². The van der Waals surface area contributed by atoms with Gasteiger partial charge >= 0.3 is 0 Å². The molecule has 0 aromatic carbocycles. The predicted molar refractivity (Wildman–Crippen MR) is 93.1 cm³/mol. The van der Waals surface area contributed by atoms with Crippen molar-refractivity contribution >= 4 is 5.91 Å². The maximum absolute atomic E-state index is 12.5. The minimum Gasteiger partial charge on any atom is -0.348 e. The SMILES string of the molecule is CC(C)C[C@H](NC(=O)CN(C)C1CCNCC1)c1cccnc1. The lowest BCUT2D eigenvalue weighted by Gasteiger charge is -2.31. The number of pyridine rings is 1. The van der Waals surface area contributed by atoms with E-state index in [0.717, 1.165) is 37.9 Å². The summed E-state index contributed by atoms with van der Waals surface area (Å²) in [5.74, 6) is 0.614. The molecule has 1 saturated heterocycles. The Morgan fingerprint density at radius 1 is 1.43 bits per heavy atom. The molecular formula is C18H30N4O. The van der Waals surface area contributed by atoms with Crippen molar-refractivity contribution in [3.8, 4) is 0 Å². The van der Waals surface area contributed by atoms with Crippen LogP contribution in [-0.2, 0) is 4.79 Å². The molecule has 1 aliphatic heterocycles. The molecule has 1 fully saturated rings. The Bertz CT molecular complexity index is 471. The van der Waals surface area contributed by atoms with E-state index in [1.54, 1.807) is 6.20 Å². The number of hydrogen-bond acceptors (Lipinski definition) is 4. The molecule has 0 spiro atoms. The van der Waals surface area contributed by atoms with E-state index in [1.165, 1.54) is 0 Å². The molecule has 0 radical (unpaired) electrons. The predicted octanol–water partition coefficient (Wildman–Crippen LogP) is 1.97. The molecule has 5 heteroatoms. The van der Waals surface area contributed by atoms with Crippen molar-refractivity contribution in [3.63, 3.8) is 0 Å². The van der Waals surface area contributed by atoms with Gasteiger partial charge in [0.25, 0.3) is 0 Å². The summed E-state index contributed by atoms with van der Waals surface area (Å²) in [6, 6.07) is 4.51. The number of carbonyl (C=O) groups excluding carboxylic acids is 1. The van der Waals surface area contributed by atoms with Crippen LogP contribution in [0.15, 0.2) is 24.5 Å². The third kappa shape index (κ3) is 5.92. The molecular weight excluding hydrogens is 288 g/mol. The second-order valence-corrected chi connectivity index (χ2v) is 6.93. The normalized spacial score (nSPS) is 17.4. The minimum absolute atomic E-state index is 0.0395. The van der Waals surface area contributed by atoms with Crippen molar-refractivity contribution in [2.24, 2.45) is 5.92 Å². The van der Waals surface area contributed by atoms with Gasteiger partial charge in [0, 0.05) is 18.4 Å². The number of nitrogens with zero attached hydrogens (tertiary/aromatic N) is 2. The molecule has 2 heterocycles. The van der Waals surface area contributed by atoms with Gasteiger partial charge in [-0.05, 0) is 56.9 Å². The maximum Gasteiger partial charge on any atom is 0.234 e. The van der Waals surface area contributed by atoms with Gasteiger partial charge in [-0.25, -0.2) is 0 Å². The van der Waals surface area contributed by atoms with Gasteiger partial charge in [-0.15, -0.1) is 0 Å². The number of piperidine rings is 1. The number of carbonyl (C=O) groups is 1. The van der Waals surface area contributed by atoms with Gasteiger partial charge in [-0.1, -0.05) is 19.9 Å². The zero-order valence-corrected chi connectivity index (χ0v) is 14.6. The number of nitrogens with one attached hydrogen (secondary N) is 2. The van der Waals surface area contributed by atoms with Crippen LogP contribution in [0.5, 0.6) is 0 Å². The minimum atomic E-state index is 0.0395. The highest BCUT2D eigenvalue weighted by Crippen LogP contribution is 2.20. The molecule has 1 amide bonds. The molecule has 0 aliphatic carbocycles. The lowest BCUT2D eigenvalue weighted by atomic mass is 9.98. The number of rotatable bonds is 7. The average Bonchev–Trinajstić information content (AvgIpc) is 2.55. The second-order valence-electron chi connectivity index (χ2n) is 6.93. The van der Waals surface area contributed by atoms with E-state index >= 15 is 0 Å². The summed E-state index contributed by atoms with van der Waals surface area (Å²) in [5, 5.41) is 6.56. The summed E-state index contributed by atoms with van der Waals surface area (Å²) in [5.41, 5.74) is 1.08. The lowest BCUT2D eigenvalue weighted by Crippen LogP contribution is -2.46. The molecule has 5 nitrogen and oxygen atoms in total. The Hall–Kier alpha value is -1.46. The van der Waals surface area contributed by atoms with Crippen molar-refractivity contribution in [3.05, 3.63) is 30.1 Å². The van der Waals surface area contributed by atoms with Gasteiger partial charge in [0.05, 0.1) is 12.6 Å². The van der Waals surface area contributed by atoms with Crippen molar-refractivity contribution in [2.45, 2.75) is 45.2 Å². The summed E-state index contributed by atoms with van der Waals surface area (Å²) in [6.07, 6.45) is 6.77. The van der Waals surface area contributed by atoms with E-state index in [9.17, 15) is 4.79 Å². The van der Waals surface area contributed by atoms with Crippen LogP contribution in [0.25, 0.3) is 0 Å². The topological polar surface area (TPSA) is 57.3 Å². The molecule has 2 rings (SSSR count). The first-order valence-corrected chi connectivity index (χ1v) is 8.66. The van der Waals surface area contributed by atoms with Crippen molar-refractivity contribution in [2.75, 3.05) is 26.7 Å². The standard InChI is InChI=1S/C18H30N4O/c1-14(2)11-17(15-5-4-8-20-12-15)21-18(23)13-22(3)16-6-9-19-10-7-16/h4-5,8,12,14,16-17,19H,6-7,9-11,13H2,1-3H3,(H,21,23)/t17-/m0/s1. The summed E-state index contributed by atoms with van der Waals surface area (Å²) < 4.78 is 0. The summed E-state index contributed by atoms with van der Waals surface area (Å²) in [6.45, 7) is 6.90. The number of likely N-dealkylation sites (N-methyl/N-ethyl adjacent to an activating group) is 1. The smallest absolute Gasteiger partial charge is 0.234 e. The number of amides is 1. The molecule has 0 unspecified atom stereocenters. The first kappa shape index (κ1) is 17.9. The maximum atomic E-state index is 12.5. The molecule has 0 bridgehead atoms. The monoisotopic (exact) mass is 318 g/mol. The van der Waals surface area contributed by atoms with Crippen LogP contribution in [0.3, 0.4) is 0 Å². The molecule has 23 heavy (non-hydrogen) atoms. The van der Waals surface area contributed by atoms with Gasteiger partial charge in [0.15, 0.2) is 0 Å².